The zero-order chi connectivity index (χ0) is 15.8. The molecule has 0 saturated carbocycles. The number of nitrogens with one attached hydrogen (secondary N) is 1. The topological polar surface area (TPSA) is 75.4 Å². The molecule has 0 bridgehead atoms. The third kappa shape index (κ3) is 7.01. The van der Waals surface area contributed by atoms with E-state index in [9.17, 15) is 9.59 Å². The molecule has 3 N–H and O–H groups in total. The predicted molar refractivity (Wildman–Crippen MR) is 82.5 cm³/mol. The van der Waals surface area contributed by atoms with Crippen LogP contribution in [0, 0.1) is 5.41 Å². The van der Waals surface area contributed by atoms with E-state index in [-0.39, 0.29) is 30.2 Å². The molecule has 0 fully saturated rings. The Kier molecular flexibility index (Phi) is 8.65. The van der Waals surface area contributed by atoms with Crippen molar-refractivity contribution in [1.82, 2.24) is 10.2 Å². The summed E-state index contributed by atoms with van der Waals surface area (Å²) in [4.78, 5) is 25.7. The summed E-state index contributed by atoms with van der Waals surface area (Å²) in [5, 5.41) is 3.25. The first-order valence-corrected chi connectivity index (χ1v) is 7.49. The van der Waals surface area contributed by atoms with Crippen LogP contribution in [0.5, 0.6) is 0 Å². The van der Waals surface area contributed by atoms with Gasteiger partial charge in [0.25, 0.3) is 0 Å². The monoisotopic (exact) mass is 285 g/mol. The Hall–Kier alpha value is -0.940. The number of carbonyl (C=O) groups is 2. The molecule has 0 heterocycles. The highest BCUT2D eigenvalue weighted by atomic mass is 16.2. The van der Waals surface area contributed by atoms with Crippen molar-refractivity contribution in [3.8, 4) is 0 Å². The highest BCUT2D eigenvalue weighted by Gasteiger charge is 2.28. The molecule has 0 unspecified atom stereocenters. The molecule has 0 rings (SSSR count). The van der Waals surface area contributed by atoms with Crippen molar-refractivity contribution >= 4 is 11.7 Å². The zero-order valence-electron chi connectivity index (χ0n) is 13.7. The van der Waals surface area contributed by atoms with Gasteiger partial charge in [-0.15, -0.1) is 0 Å². The van der Waals surface area contributed by atoms with Crippen molar-refractivity contribution in [2.75, 3.05) is 26.2 Å². The molecular weight excluding hydrogens is 254 g/mol. The molecule has 20 heavy (non-hydrogen) atoms. The summed E-state index contributed by atoms with van der Waals surface area (Å²) in [6.45, 7) is 11.3. The summed E-state index contributed by atoms with van der Waals surface area (Å²) in [6, 6.07) is 0.358. The van der Waals surface area contributed by atoms with Crippen LogP contribution in [-0.2, 0) is 9.59 Å². The molecule has 0 atom stereocenters. The van der Waals surface area contributed by atoms with E-state index < -0.39 is 0 Å². The SMILES string of the molecule is CCCC(C)(C)C(=O)CN(CCNC(C)C)C(=O)CN. The van der Waals surface area contributed by atoms with Crippen molar-refractivity contribution in [1.29, 1.82) is 0 Å². The maximum atomic E-state index is 12.3. The number of hydrogen-bond donors (Lipinski definition) is 2. The van der Waals surface area contributed by atoms with Gasteiger partial charge >= 0.3 is 0 Å². The van der Waals surface area contributed by atoms with Gasteiger partial charge in [-0.1, -0.05) is 41.0 Å². The minimum Gasteiger partial charge on any atom is -0.333 e. The number of carbonyl (C=O) groups excluding carboxylic acids is 2. The van der Waals surface area contributed by atoms with Gasteiger partial charge in [0, 0.05) is 24.5 Å². The molecule has 0 aromatic carbocycles. The zero-order valence-corrected chi connectivity index (χ0v) is 13.7. The molecular formula is C15H31N3O2. The van der Waals surface area contributed by atoms with Gasteiger partial charge in [-0.3, -0.25) is 9.59 Å². The Labute approximate surface area is 123 Å². The highest BCUT2D eigenvalue weighted by molar-refractivity contribution is 5.90. The average molecular weight is 285 g/mol. The number of hydrogen-bond acceptors (Lipinski definition) is 4. The largest absolute Gasteiger partial charge is 0.333 e. The van der Waals surface area contributed by atoms with Crippen LogP contribution in [0.2, 0.25) is 0 Å². The van der Waals surface area contributed by atoms with Crippen molar-refractivity contribution in [3.05, 3.63) is 0 Å². The van der Waals surface area contributed by atoms with Crippen LogP contribution in [0.25, 0.3) is 0 Å². The molecule has 0 aliphatic carbocycles. The molecule has 0 radical (unpaired) electrons. The van der Waals surface area contributed by atoms with Gasteiger partial charge < -0.3 is 16.0 Å². The standard InChI is InChI=1S/C15H31N3O2/c1-6-7-15(4,5)13(19)11-18(14(20)10-16)9-8-17-12(2)3/h12,17H,6-11,16H2,1-5H3. The van der Waals surface area contributed by atoms with E-state index in [1.54, 1.807) is 4.90 Å². The van der Waals surface area contributed by atoms with Crippen LogP contribution in [0.15, 0.2) is 0 Å². The number of nitrogens with two attached hydrogens (primary N) is 1. The normalized spacial score (nSPS) is 11.8. The van der Waals surface area contributed by atoms with Crippen LogP contribution in [0.1, 0.15) is 47.5 Å². The average Bonchev–Trinajstić information content (AvgIpc) is 2.35. The van der Waals surface area contributed by atoms with Crippen LogP contribution in [0.4, 0.5) is 0 Å². The summed E-state index contributed by atoms with van der Waals surface area (Å²) in [5.74, 6) is -0.0677. The van der Waals surface area contributed by atoms with E-state index in [1.165, 1.54) is 0 Å². The maximum absolute atomic E-state index is 12.3. The van der Waals surface area contributed by atoms with Crippen molar-refractivity contribution in [3.63, 3.8) is 0 Å². The number of rotatable bonds is 10. The first-order valence-electron chi connectivity index (χ1n) is 7.49. The van der Waals surface area contributed by atoms with Gasteiger partial charge in [-0.05, 0) is 6.42 Å². The lowest BCUT2D eigenvalue weighted by molar-refractivity contribution is -0.137. The van der Waals surface area contributed by atoms with Crippen LogP contribution >= 0.6 is 0 Å². The Morgan fingerprint density at radius 2 is 1.90 bits per heavy atom. The smallest absolute Gasteiger partial charge is 0.236 e. The van der Waals surface area contributed by atoms with Gasteiger partial charge in [-0.2, -0.15) is 0 Å². The lowest BCUT2D eigenvalue weighted by atomic mass is 9.83. The third-order valence-corrected chi connectivity index (χ3v) is 3.43. The lowest BCUT2D eigenvalue weighted by Gasteiger charge is -2.28. The molecule has 5 nitrogen and oxygen atoms in total. The summed E-state index contributed by atoms with van der Waals surface area (Å²) < 4.78 is 0. The molecule has 0 saturated heterocycles. The fourth-order valence-electron chi connectivity index (χ4n) is 2.06. The van der Waals surface area contributed by atoms with Crippen molar-refractivity contribution in [2.24, 2.45) is 11.1 Å². The van der Waals surface area contributed by atoms with Gasteiger partial charge in [0.2, 0.25) is 5.91 Å². The lowest BCUT2D eigenvalue weighted by Crippen LogP contribution is -2.46. The second kappa shape index (κ2) is 9.08. The first kappa shape index (κ1) is 19.1. The molecule has 1 amide bonds. The van der Waals surface area contributed by atoms with Gasteiger partial charge in [-0.25, -0.2) is 0 Å². The summed E-state index contributed by atoms with van der Waals surface area (Å²) >= 11 is 0. The molecule has 0 aromatic rings. The van der Waals surface area contributed by atoms with Crippen molar-refractivity contribution < 1.29 is 9.59 Å². The maximum Gasteiger partial charge on any atom is 0.236 e. The summed E-state index contributed by atoms with van der Waals surface area (Å²) in [6.07, 6.45) is 1.79. The molecule has 0 aromatic heterocycles. The minimum atomic E-state index is -0.382. The van der Waals surface area contributed by atoms with E-state index in [4.69, 9.17) is 5.73 Å². The number of nitrogens with zero attached hydrogens (tertiary/aromatic N) is 1. The van der Waals surface area contributed by atoms with Gasteiger partial charge in [0.05, 0.1) is 13.1 Å². The molecule has 0 spiro atoms. The Bertz CT molecular complexity index is 314. The molecule has 5 heteroatoms. The minimum absolute atomic E-state index is 0.0524. The first-order chi connectivity index (χ1) is 9.24. The Morgan fingerprint density at radius 3 is 2.35 bits per heavy atom. The van der Waals surface area contributed by atoms with E-state index in [0.29, 0.717) is 19.1 Å². The number of Topliss-reactive ketones (excluding diaryl/α,β-unsaturated/α-hetero) is 1. The van der Waals surface area contributed by atoms with E-state index >= 15 is 0 Å². The predicted octanol–water partition coefficient (Wildman–Crippen LogP) is 1.17. The quantitative estimate of drug-likeness (QED) is 0.632. The molecule has 0 aliphatic rings. The van der Waals surface area contributed by atoms with E-state index in [2.05, 4.69) is 12.2 Å². The second-order valence-corrected chi connectivity index (χ2v) is 6.19. The van der Waals surface area contributed by atoms with Crippen LogP contribution in [0.3, 0.4) is 0 Å². The Balaban J connectivity index is 4.57. The molecule has 118 valence electrons. The second-order valence-electron chi connectivity index (χ2n) is 6.19. The number of amides is 1. The van der Waals surface area contributed by atoms with Crippen molar-refractivity contribution in [2.45, 2.75) is 53.5 Å². The summed E-state index contributed by atoms with van der Waals surface area (Å²) in [5.41, 5.74) is 5.04. The molecule has 0 aliphatic heterocycles. The fourth-order valence-corrected chi connectivity index (χ4v) is 2.06. The van der Waals surface area contributed by atoms with Gasteiger partial charge in [0.15, 0.2) is 5.78 Å². The number of ketones is 1. The van der Waals surface area contributed by atoms with Gasteiger partial charge in [0.1, 0.15) is 0 Å². The highest BCUT2D eigenvalue weighted by Crippen LogP contribution is 2.23. The Morgan fingerprint density at radius 1 is 1.30 bits per heavy atom. The third-order valence-electron chi connectivity index (χ3n) is 3.43. The fraction of sp³-hybridized carbons (Fsp3) is 0.867. The van der Waals surface area contributed by atoms with Crippen LogP contribution < -0.4 is 11.1 Å². The van der Waals surface area contributed by atoms with Crippen LogP contribution in [-0.4, -0.2) is 48.8 Å². The van der Waals surface area contributed by atoms with E-state index in [0.717, 1.165) is 12.8 Å². The van der Waals surface area contributed by atoms with E-state index in [1.807, 2.05) is 27.7 Å². The summed E-state index contributed by atoms with van der Waals surface area (Å²) in [7, 11) is 0.